The third-order valence-corrected chi connectivity index (χ3v) is 2.28. The number of aliphatic hydroxyl groups is 1. The number of nitrogens with zero attached hydrogens (tertiary/aromatic N) is 4. The molecule has 8 heteroatoms. The van der Waals surface area contributed by atoms with Gasteiger partial charge in [0.25, 0.3) is 0 Å². The van der Waals surface area contributed by atoms with Crippen molar-refractivity contribution in [1.82, 2.24) is 9.97 Å². The van der Waals surface area contributed by atoms with E-state index in [2.05, 4.69) is 9.97 Å². The van der Waals surface area contributed by atoms with Crippen LogP contribution in [0, 0.1) is 10.1 Å². The Kier molecular flexibility index (Phi) is 4.58. The first-order valence-electron chi connectivity index (χ1n) is 5.22. The summed E-state index contributed by atoms with van der Waals surface area (Å²) in [4.78, 5) is 19.5. The van der Waals surface area contributed by atoms with E-state index in [1.807, 2.05) is 6.92 Å². The molecule has 17 heavy (non-hydrogen) atoms. The summed E-state index contributed by atoms with van der Waals surface area (Å²) in [5, 5.41) is 19.7. The average Bonchev–Trinajstić information content (AvgIpc) is 2.29. The summed E-state index contributed by atoms with van der Waals surface area (Å²) in [5.74, 6) is 0.0425. The standard InChI is InChI=1S/C9H15N5O3/c1-2-13(4-3-5-15)9-7(14(16)17)8(10)11-6-12-9/h6,15H,2-5H2,1H3,(H2,10,11,12). The molecule has 0 aliphatic heterocycles. The lowest BCUT2D eigenvalue weighted by atomic mass is 10.3. The highest BCUT2D eigenvalue weighted by Crippen LogP contribution is 2.29. The lowest BCUT2D eigenvalue weighted by Gasteiger charge is -2.20. The number of hydrogen-bond donors (Lipinski definition) is 2. The van der Waals surface area contributed by atoms with E-state index in [0.29, 0.717) is 19.5 Å². The summed E-state index contributed by atoms with van der Waals surface area (Å²) in [6.07, 6.45) is 1.70. The van der Waals surface area contributed by atoms with Gasteiger partial charge in [-0.1, -0.05) is 0 Å². The molecule has 0 fully saturated rings. The normalized spacial score (nSPS) is 10.2. The van der Waals surface area contributed by atoms with E-state index in [-0.39, 0.29) is 23.9 Å². The maximum absolute atomic E-state index is 10.9. The van der Waals surface area contributed by atoms with Crippen LogP contribution in [-0.4, -0.2) is 39.7 Å². The van der Waals surface area contributed by atoms with Gasteiger partial charge in [-0.05, 0) is 13.3 Å². The molecule has 8 nitrogen and oxygen atoms in total. The number of nitro groups is 1. The summed E-state index contributed by atoms with van der Waals surface area (Å²) in [6, 6.07) is 0. The fraction of sp³-hybridized carbons (Fsp3) is 0.556. The van der Waals surface area contributed by atoms with Crippen LogP contribution in [-0.2, 0) is 0 Å². The fourth-order valence-corrected chi connectivity index (χ4v) is 1.46. The van der Waals surface area contributed by atoms with E-state index in [4.69, 9.17) is 10.8 Å². The quantitative estimate of drug-likeness (QED) is 0.538. The molecule has 0 aromatic carbocycles. The van der Waals surface area contributed by atoms with Crippen LogP contribution in [0.5, 0.6) is 0 Å². The van der Waals surface area contributed by atoms with Crippen molar-refractivity contribution in [2.45, 2.75) is 13.3 Å². The monoisotopic (exact) mass is 241 g/mol. The lowest BCUT2D eigenvalue weighted by molar-refractivity contribution is -0.383. The largest absolute Gasteiger partial charge is 0.396 e. The third-order valence-electron chi connectivity index (χ3n) is 2.28. The molecule has 0 unspecified atom stereocenters. The van der Waals surface area contributed by atoms with Gasteiger partial charge in [0.1, 0.15) is 6.33 Å². The third kappa shape index (κ3) is 3.00. The van der Waals surface area contributed by atoms with Crippen LogP contribution < -0.4 is 10.6 Å². The maximum atomic E-state index is 10.9. The Morgan fingerprint density at radius 2 is 2.29 bits per heavy atom. The van der Waals surface area contributed by atoms with Crippen LogP contribution >= 0.6 is 0 Å². The number of nitrogen functional groups attached to an aromatic ring is 1. The molecular weight excluding hydrogens is 226 g/mol. The van der Waals surface area contributed by atoms with Crippen LogP contribution in [0.4, 0.5) is 17.3 Å². The first-order chi connectivity index (χ1) is 8.11. The number of anilines is 2. The molecule has 3 N–H and O–H groups in total. The van der Waals surface area contributed by atoms with Crippen LogP contribution in [0.15, 0.2) is 6.33 Å². The van der Waals surface area contributed by atoms with Gasteiger partial charge in [-0.2, -0.15) is 0 Å². The van der Waals surface area contributed by atoms with Gasteiger partial charge in [-0.15, -0.1) is 0 Å². The fourth-order valence-electron chi connectivity index (χ4n) is 1.46. The summed E-state index contributed by atoms with van der Waals surface area (Å²) in [7, 11) is 0. The molecule has 0 radical (unpaired) electrons. The molecule has 0 aliphatic carbocycles. The second-order valence-corrected chi connectivity index (χ2v) is 3.35. The van der Waals surface area contributed by atoms with Crippen molar-refractivity contribution in [3.05, 3.63) is 16.4 Å². The van der Waals surface area contributed by atoms with E-state index >= 15 is 0 Å². The van der Waals surface area contributed by atoms with Crippen molar-refractivity contribution in [3.8, 4) is 0 Å². The smallest absolute Gasteiger partial charge is 0.353 e. The Balaban J connectivity index is 3.09. The van der Waals surface area contributed by atoms with E-state index in [9.17, 15) is 10.1 Å². The zero-order chi connectivity index (χ0) is 12.8. The van der Waals surface area contributed by atoms with Gasteiger partial charge in [0, 0.05) is 19.7 Å². The van der Waals surface area contributed by atoms with E-state index < -0.39 is 4.92 Å². The first kappa shape index (κ1) is 13.1. The Bertz CT molecular complexity index is 398. The van der Waals surface area contributed by atoms with Crippen molar-refractivity contribution < 1.29 is 10.0 Å². The summed E-state index contributed by atoms with van der Waals surface area (Å²) < 4.78 is 0. The van der Waals surface area contributed by atoms with Crippen LogP contribution in [0.25, 0.3) is 0 Å². The van der Waals surface area contributed by atoms with Crippen molar-refractivity contribution in [3.63, 3.8) is 0 Å². The maximum Gasteiger partial charge on any atom is 0.353 e. The summed E-state index contributed by atoms with van der Waals surface area (Å²) in [5.41, 5.74) is 5.19. The molecule has 1 heterocycles. The van der Waals surface area contributed by atoms with E-state index in [0.717, 1.165) is 0 Å². The van der Waals surface area contributed by atoms with Gasteiger partial charge in [0.15, 0.2) is 0 Å². The second-order valence-electron chi connectivity index (χ2n) is 3.35. The van der Waals surface area contributed by atoms with Gasteiger partial charge < -0.3 is 15.7 Å². The van der Waals surface area contributed by atoms with E-state index in [1.54, 1.807) is 4.90 Å². The minimum atomic E-state index is -0.591. The highest BCUT2D eigenvalue weighted by Gasteiger charge is 2.24. The number of aromatic nitrogens is 2. The Hall–Kier alpha value is -1.96. The SMILES string of the molecule is CCN(CCCO)c1ncnc(N)c1[N+](=O)[O-]. The number of hydrogen-bond acceptors (Lipinski definition) is 7. The predicted molar refractivity (Wildman–Crippen MR) is 62.7 cm³/mol. The lowest BCUT2D eigenvalue weighted by Crippen LogP contribution is -2.27. The molecule has 0 amide bonds. The summed E-state index contributed by atoms with van der Waals surface area (Å²) in [6.45, 7) is 2.88. The van der Waals surface area contributed by atoms with Crippen molar-refractivity contribution in [2.24, 2.45) is 0 Å². The molecule has 1 aromatic heterocycles. The highest BCUT2D eigenvalue weighted by molar-refractivity contribution is 5.68. The van der Waals surface area contributed by atoms with Crippen molar-refractivity contribution in [2.75, 3.05) is 30.3 Å². The zero-order valence-electron chi connectivity index (χ0n) is 9.54. The number of nitrogens with two attached hydrogens (primary N) is 1. The van der Waals surface area contributed by atoms with Crippen molar-refractivity contribution >= 4 is 17.3 Å². The highest BCUT2D eigenvalue weighted by atomic mass is 16.6. The van der Waals surface area contributed by atoms with Gasteiger partial charge in [-0.3, -0.25) is 10.1 Å². The molecule has 0 atom stereocenters. The molecule has 0 bridgehead atoms. The molecule has 0 spiro atoms. The van der Waals surface area contributed by atoms with Gasteiger partial charge in [-0.25, -0.2) is 9.97 Å². The van der Waals surface area contributed by atoms with Crippen molar-refractivity contribution in [1.29, 1.82) is 0 Å². The van der Waals surface area contributed by atoms with Gasteiger partial charge in [0.2, 0.25) is 11.6 Å². The van der Waals surface area contributed by atoms with Crippen LogP contribution in [0.2, 0.25) is 0 Å². The molecular formula is C9H15N5O3. The molecule has 0 saturated heterocycles. The minimum Gasteiger partial charge on any atom is -0.396 e. The summed E-state index contributed by atoms with van der Waals surface area (Å²) >= 11 is 0. The van der Waals surface area contributed by atoms with Gasteiger partial charge in [0.05, 0.1) is 4.92 Å². The Labute approximate surface area is 98.2 Å². The second kappa shape index (κ2) is 5.94. The Morgan fingerprint density at radius 3 is 2.82 bits per heavy atom. The Morgan fingerprint density at radius 1 is 1.59 bits per heavy atom. The first-order valence-corrected chi connectivity index (χ1v) is 5.22. The van der Waals surface area contributed by atoms with Crippen LogP contribution in [0.1, 0.15) is 13.3 Å². The molecule has 0 aliphatic rings. The topological polar surface area (TPSA) is 118 Å². The average molecular weight is 241 g/mol. The van der Waals surface area contributed by atoms with Crippen LogP contribution in [0.3, 0.4) is 0 Å². The zero-order valence-corrected chi connectivity index (χ0v) is 9.54. The molecule has 1 rings (SSSR count). The molecule has 94 valence electrons. The molecule has 0 saturated carbocycles. The number of rotatable bonds is 6. The van der Waals surface area contributed by atoms with E-state index in [1.165, 1.54) is 6.33 Å². The van der Waals surface area contributed by atoms with Gasteiger partial charge >= 0.3 is 5.69 Å². The minimum absolute atomic E-state index is 0.0187. The predicted octanol–water partition coefficient (Wildman–Crippen LogP) is 0.176. The molecule has 1 aromatic rings. The number of aliphatic hydroxyl groups excluding tert-OH is 1.